The van der Waals surface area contributed by atoms with Gasteiger partial charge in [-0.1, -0.05) is 30.7 Å². The van der Waals surface area contributed by atoms with E-state index in [9.17, 15) is 13.5 Å². The lowest BCUT2D eigenvalue weighted by Crippen LogP contribution is -2.10. The highest BCUT2D eigenvalue weighted by Gasteiger charge is 2.11. The molecule has 3 nitrogen and oxygen atoms in total. The van der Waals surface area contributed by atoms with E-state index in [1.54, 1.807) is 31.2 Å². The smallest absolute Gasteiger partial charge is 0.150 e. The molecule has 0 saturated heterocycles. The molecule has 0 aliphatic carbocycles. The van der Waals surface area contributed by atoms with Crippen molar-refractivity contribution in [2.75, 3.05) is 11.5 Å². The summed E-state index contributed by atoms with van der Waals surface area (Å²) in [6.45, 7) is 1.63. The SMILES string of the molecule is CCS(=O)(=O)CCCC(O)c1cccc(Cl)c1. The van der Waals surface area contributed by atoms with Gasteiger partial charge in [0, 0.05) is 10.8 Å². The molecule has 1 rings (SSSR count). The predicted molar refractivity (Wildman–Crippen MR) is 70.0 cm³/mol. The Morgan fingerprint density at radius 2 is 2.12 bits per heavy atom. The van der Waals surface area contributed by atoms with Crippen LogP contribution in [0.4, 0.5) is 0 Å². The number of aliphatic hydroxyl groups is 1. The molecule has 0 bridgehead atoms. The molecule has 1 N–H and O–H groups in total. The summed E-state index contributed by atoms with van der Waals surface area (Å²) in [5.74, 6) is 0.279. The highest BCUT2D eigenvalue weighted by atomic mass is 35.5. The van der Waals surface area contributed by atoms with Gasteiger partial charge in [-0.15, -0.1) is 0 Å². The Hall–Kier alpha value is -0.580. The van der Waals surface area contributed by atoms with Gasteiger partial charge in [-0.3, -0.25) is 0 Å². The zero-order valence-electron chi connectivity index (χ0n) is 9.77. The van der Waals surface area contributed by atoms with Crippen molar-refractivity contribution >= 4 is 21.4 Å². The number of sulfone groups is 1. The fourth-order valence-electron chi connectivity index (χ4n) is 1.52. The van der Waals surface area contributed by atoms with Gasteiger partial charge in [0.25, 0.3) is 0 Å². The van der Waals surface area contributed by atoms with Gasteiger partial charge < -0.3 is 5.11 Å². The largest absolute Gasteiger partial charge is 0.388 e. The van der Waals surface area contributed by atoms with Crippen molar-refractivity contribution < 1.29 is 13.5 Å². The zero-order chi connectivity index (χ0) is 12.9. The van der Waals surface area contributed by atoms with E-state index in [2.05, 4.69) is 0 Å². The Bertz CT molecular complexity index is 457. The molecule has 0 heterocycles. The quantitative estimate of drug-likeness (QED) is 0.869. The molecule has 17 heavy (non-hydrogen) atoms. The van der Waals surface area contributed by atoms with Crippen LogP contribution in [0.2, 0.25) is 5.02 Å². The molecule has 0 fully saturated rings. The van der Waals surface area contributed by atoms with Crippen molar-refractivity contribution in [3.05, 3.63) is 34.9 Å². The molecule has 0 aromatic heterocycles. The van der Waals surface area contributed by atoms with E-state index >= 15 is 0 Å². The van der Waals surface area contributed by atoms with E-state index in [4.69, 9.17) is 11.6 Å². The molecule has 1 aromatic rings. The fraction of sp³-hybridized carbons (Fsp3) is 0.500. The molecule has 0 saturated carbocycles. The van der Waals surface area contributed by atoms with Gasteiger partial charge in [-0.2, -0.15) is 0 Å². The van der Waals surface area contributed by atoms with Crippen molar-refractivity contribution in [2.24, 2.45) is 0 Å². The maximum Gasteiger partial charge on any atom is 0.150 e. The number of benzene rings is 1. The number of halogens is 1. The third kappa shape index (κ3) is 5.06. The Morgan fingerprint density at radius 1 is 1.41 bits per heavy atom. The first-order valence-corrected chi connectivity index (χ1v) is 7.78. The van der Waals surface area contributed by atoms with Gasteiger partial charge in [0.15, 0.2) is 0 Å². The van der Waals surface area contributed by atoms with E-state index in [0.717, 1.165) is 5.56 Å². The van der Waals surface area contributed by atoms with Crippen LogP contribution in [-0.2, 0) is 9.84 Å². The topological polar surface area (TPSA) is 54.4 Å². The van der Waals surface area contributed by atoms with Gasteiger partial charge in [0.05, 0.1) is 11.9 Å². The molecule has 5 heteroatoms. The van der Waals surface area contributed by atoms with Crippen molar-refractivity contribution in [1.82, 2.24) is 0 Å². The van der Waals surface area contributed by atoms with Crippen molar-refractivity contribution in [3.8, 4) is 0 Å². The molecule has 0 amide bonds. The summed E-state index contributed by atoms with van der Waals surface area (Å²) in [4.78, 5) is 0. The fourth-order valence-corrected chi connectivity index (χ4v) is 2.62. The third-order valence-corrected chi connectivity index (χ3v) is 4.63. The second-order valence-electron chi connectivity index (χ2n) is 3.95. The summed E-state index contributed by atoms with van der Waals surface area (Å²) in [6, 6.07) is 6.98. The van der Waals surface area contributed by atoms with Crippen LogP contribution in [0.3, 0.4) is 0 Å². The number of hydrogen-bond acceptors (Lipinski definition) is 3. The standard InChI is InChI=1S/C12H17ClO3S/c1-2-17(15,16)8-4-7-12(14)10-5-3-6-11(13)9-10/h3,5-6,9,12,14H,2,4,7-8H2,1H3. The Morgan fingerprint density at radius 3 is 2.71 bits per heavy atom. The van der Waals surface area contributed by atoms with Crippen LogP contribution in [0.25, 0.3) is 0 Å². The van der Waals surface area contributed by atoms with E-state index < -0.39 is 15.9 Å². The Kier molecular flexibility index (Phi) is 5.43. The van der Waals surface area contributed by atoms with Crippen LogP contribution in [0.1, 0.15) is 31.4 Å². The normalized spacial score (nSPS) is 13.6. The molecular weight excluding hydrogens is 260 g/mol. The highest BCUT2D eigenvalue weighted by Crippen LogP contribution is 2.21. The van der Waals surface area contributed by atoms with Crippen molar-refractivity contribution in [1.29, 1.82) is 0 Å². The van der Waals surface area contributed by atoms with E-state index in [1.165, 1.54) is 0 Å². The summed E-state index contributed by atoms with van der Waals surface area (Å²) >= 11 is 5.81. The van der Waals surface area contributed by atoms with Crippen molar-refractivity contribution in [3.63, 3.8) is 0 Å². The van der Waals surface area contributed by atoms with Gasteiger partial charge >= 0.3 is 0 Å². The van der Waals surface area contributed by atoms with Crippen LogP contribution >= 0.6 is 11.6 Å². The van der Waals surface area contributed by atoms with E-state index in [1.807, 2.05) is 0 Å². The minimum atomic E-state index is -2.94. The lowest BCUT2D eigenvalue weighted by atomic mass is 10.1. The minimum Gasteiger partial charge on any atom is -0.388 e. The highest BCUT2D eigenvalue weighted by molar-refractivity contribution is 7.91. The summed E-state index contributed by atoms with van der Waals surface area (Å²) in [5, 5.41) is 10.4. The van der Waals surface area contributed by atoms with Gasteiger partial charge in [0.1, 0.15) is 9.84 Å². The number of aliphatic hydroxyl groups excluding tert-OH is 1. The molecule has 1 aromatic carbocycles. The first-order chi connectivity index (χ1) is 7.94. The number of hydrogen-bond donors (Lipinski definition) is 1. The van der Waals surface area contributed by atoms with Crippen LogP contribution in [-0.4, -0.2) is 25.0 Å². The molecule has 0 spiro atoms. The maximum absolute atomic E-state index is 11.3. The second-order valence-corrected chi connectivity index (χ2v) is 6.86. The maximum atomic E-state index is 11.3. The summed E-state index contributed by atoms with van der Waals surface area (Å²) in [6.07, 6.45) is 0.240. The second kappa shape index (κ2) is 6.38. The number of rotatable bonds is 6. The molecule has 96 valence electrons. The average molecular weight is 277 g/mol. The average Bonchev–Trinajstić information content (AvgIpc) is 2.28. The Labute approximate surface area is 107 Å². The molecular formula is C12H17ClO3S. The summed E-state index contributed by atoms with van der Waals surface area (Å²) < 4.78 is 22.5. The van der Waals surface area contributed by atoms with Crippen LogP contribution < -0.4 is 0 Å². The van der Waals surface area contributed by atoms with Crippen LogP contribution in [0.5, 0.6) is 0 Å². The monoisotopic (exact) mass is 276 g/mol. The lowest BCUT2D eigenvalue weighted by Gasteiger charge is -2.11. The van der Waals surface area contributed by atoms with Crippen LogP contribution in [0, 0.1) is 0 Å². The van der Waals surface area contributed by atoms with Crippen molar-refractivity contribution in [2.45, 2.75) is 25.9 Å². The molecule has 0 radical (unpaired) electrons. The molecule has 0 aliphatic rings. The lowest BCUT2D eigenvalue weighted by molar-refractivity contribution is 0.166. The van der Waals surface area contributed by atoms with Gasteiger partial charge in [0.2, 0.25) is 0 Å². The Balaban J connectivity index is 2.48. The summed E-state index contributed by atoms with van der Waals surface area (Å²) in [7, 11) is -2.94. The van der Waals surface area contributed by atoms with Crippen LogP contribution in [0.15, 0.2) is 24.3 Å². The molecule has 1 atom stereocenters. The summed E-state index contributed by atoms with van der Waals surface area (Å²) in [5.41, 5.74) is 0.728. The first-order valence-electron chi connectivity index (χ1n) is 5.58. The van der Waals surface area contributed by atoms with Gasteiger partial charge in [-0.05, 0) is 30.5 Å². The predicted octanol–water partition coefficient (Wildman–Crippen LogP) is 2.59. The first kappa shape index (κ1) is 14.5. The van der Waals surface area contributed by atoms with Gasteiger partial charge in [-0.25, -0.2) is 8.42 Å². The van der Waals surface area contributed by atoms with E-state index in [0.29, 0.717) is 17.9 Å². The third-order valence-electron chi connectivity index (χ3n) is 2.61. The molecule has 0 aliphatic heterocycles. The molecule has 1 unspecified atom stereocenters. The minimum absolute atomic E-state index is 0.126. The van der Waals surface area contributed by atoms with E-state index in [-0.39, 0.29) is 11.5 Å². The zero-order valence-corrected chi connectivity index (χ0v) is 11.3.